The van der Waals surface area contributed by atoms with E-state index < -0.39 is 0 Å². The van der Waals surface area contributed by atoms with Crippen molar-refractivity contribution in [2.75, 3.05) is 19.5 Å². The molecule has 0 unspecified atom stereocenters. The molecule has 1 heterocycles. The third-order valence-corrected chi connectivity index (χ3v) is 4.35. The molecule has 0 aliphatic rings. The number of amides is 1. The number of anilines is 1. The largest absolute Gasteiger partial charge is 0.497 e. The molecule has 0 bridgehead atoms. The fourth-order valence-electron chi connectivity index (χ4n) is 2.19. The highest BCUT2D eigenvalue weighted by Crippen LogP contribution is 2.29. The van der Waals surface area contributed by atoms with E-state index >= 15 is 0 Å². The van der Waals surface area contributed by atoms with Crippen LogP contribution in [0, 0.1) is 0 Å². The van der Waals surface area contributed by atoms with Gasteiger partial charge in [-0.15, -0.1) is 11.3 Å². The van der Waals surface area contributed by atoms with Gasteiger partial charge in [0, 0.05) is 12.1 Å². The van der Waals surface area contributed by atoms with Gasteiger partial charge in [-0.1, -0.05) is 12.1 Å². The van der Waals surface area contributed by atoms with Gasteiger partial charge in [0.05, 0.1) is 30.1 Å². The fourth-order valence-corrected chi connectivity index (χ4v) is 3.06. The molecule has 2 aromatic carbocycles. The van der Waals surface area contributed by atoms with Crippen molar-refractivity contribution in [3.8, 4) is 11.5 Å². The lowest BCUT2D eigenvalue weighted by molar-refractivity contribution is -0.111. The van der Waals surface area contributed by atoms with Crippen molar-refractivity contribution in [1.82, 2.24) is 4.98 Å². The van der Waals surface area contributed by atoms with E-state index in [0.717, 1.165) is 15.2 Å². The lowest BCUT2D eigenvalue weighted by atomic mass is 10.2. The summed E-state index contributed by atoms with van der Waals surface area (Å²) in [6.07, 6.45) is 3.16. The van der Waals surface area contributed by atoms with Gasteiger partial charge in [0.15, 0.2) is 0 Å². The number of aromatic nitrogens is 1. The zero-order chi connectivity index (χ0) is 16.9. The van der Waals surface area contributed by atoms with Gasteiger partial charge in [0.2, 0.25) is 5.91 Å². The normalized spacial score (nSPS) is 10.9. The first-order chi connectivity index (χ1) is 11.7. The Kier molecular flexibility index (Phi) is 4.77. The molecule has 0 aliphatic heterocycles. The first-order valence-corrected chi connectivity index (χ1v) is 8.08. The maximum atomic E-state index is 12.2. The van der Waals surface area contributed by atoms with E-state index in [0.29, 0.717) is 17.2 Å². The number of rotatable bonds is 5. The van der Waals surface area contributed by atoms with Crippen molar-refractivity contribution in [2.24, 2.45) is 0 Å². The van der Waals surface area contributed by atoms with Gasteiger partial charge in [-0.2, -0.15) is 0 Å². The Morgan fingerprint density at radius 3 is 2.75 bits per heavy atom. The highest BCUT2D eigenvalue weighted by molar-refractivity contribution is 7.19. The summed E-state index contributed by atoms with van der Waals surface area (Å²) in [5, 5.41) is 3.57. The third kappa shape index (κ3) is 3.55. The average Bonchev–Trinajstić information content (AvgIpc) is 3.03. The van der Waals surface area contributed by atoms with E-state index in [2.05, 4.69) is 10.3 Å². The van der Waals surface area contributed by atoms with Crippen LogP contribution in [0.25, 0.3) is 16.3 Å². The van der Waals surface area contributed by atoms with Crippen molar-refractivity contribution in [1.29, 1.82) is 0 Å². The number of nitrogens with zero attached hydrogens (tertiary/aromatic N) is 1. The Bertz CT molecular complexity index is 869. The minimum absolute atomic E-state index is 0.263. The van der Waals surface area contributed by atoms with Gasteiger partial charge in [-0.05, 0) is 30.3 Å². The van der Waals surface area contributed by atoms with Crippen molar-refractivity contribution >= 4 is 39.2 Å². The number of ether oxygens (including phenoxy) is 2. The zero-order valence-electron chi connectivity index (χ0n) is 13.3. The van der Waals surface area contributed by atoms with Crippen LogP contribution in [-0.4, -0.2) is 25.1 Å². The smallest absolute Gasteiger partial charge is 0.248 e. The van der Waals surface area contributed by atoms with Crippen LogP contribution in [-0.2, 0) is 4.79 Å². The van der Waals surface area contributed by atoms with Crippen LogP contribution in [0.3, 0.4) is 0 Å². The number of fused-ring (bicyclic) bond motifs is 1. The molecule has 0 saturated heterocycles. The molecule has 0 fully saturated rings. The van der Waals surface area contributed by atoms with Gasteiger partial charge < -0.3 is 14.8 Å². The molecule has 0 radical (unpaired) electrons. The summed E-state index contributed by atoms with van der Waals surface area (Å²) < 4.78 is 11.5. The van der Waals surface area contributed by atoms with Gasteiger partial charge in [0.25, 0.3) is 0 Å². The van der Waals surface area contributed by atoms with Crippen LogP contribution in [0.1, 0.15) is 5.01 Å². The number of hydrogen-bond acceptors (Lipinski definition) is 5. The van der Waals surface area contributed by atoms with Crippen molar-refractivity contribution in [3.63, 3.8) is 0 Å². The zero-order valence-corrected chi connectivity index (χ0v) is 14.1. The van der Waals surface area contributed by atoms with Crippen molar-refractivity contribution < 1.29 is 14.3 Å². The maximum Gasteiger partial charge on any atom is 0.248 e. The van der Waals surface area contributed by atoms with Crippen LogP contribution >= 0.6 is 11.3 Å². The molecule has 0 saturated carbocycles. The van der Waals surface area contributed by atoms with Crippen LogP contribution < -0.4 is 14.8 Å². The minimum atomic E-state index is -0.263. The number of carbonyl (C=O) groups excluding carboxylic acids is 1. The Hall–Kier alpha value is -2.86. The molecule has 0 spiro atoms. The number of carbonyl (C=O) groups is 1. The Morgan fingerprint density at radius 1 is 1.17 bits per heavy atom. The van der Waals surface area contributed by atoms with Crippen molar-refractivity contribution in [3.05, 3.63) is 53.5 Å². The van der Waals surface area contributed by atoms with Crippen LogP contribution in [0.4, 0.5) is 5.69 Å². The van der Waals surface area contributed by atoms with Crippen LogP contribution in [0.5, 0.6) is 11.5 Å². The number of methoxy groups -OCH3 is 2. The lowest BCUT2D eigenvalue weighted by Gasteiger charge is -2.10. The number of nitrogens with one attached hydrogen (secondary N) is 1. The molecular formula is C18H16N2O3S. The van der Waals surface area contributed by atoms with E-state index in [-0.39, 0.29) is 5.91 Å². The average molecular weight is 340 g/mol. The van der Waals surface area contributed by atoms with Crippen LogP contribution in [0.2, 0.25) is 0 Å². The summed E-state index contributed by atoms with van der Waals surface area (Å²) in [4.78, 5) is 16.6. The Balaban J connectivity index is 1.75. The molecule has 3 rings (SSSR count). The molecule has 1 amide bonds. The highest BCUT2D eigenvalue weighted by Gasteiger charge is 2.07. The van der Waals surface area contributed by atoms with Gasteiger partial charge >= 0.3 is 0 Å². The first-order valence-electron chi connectivity index (χ1n) is 7.26. The molecule has 5 nitrogen and oxygen atoms in total. The standard InChI is InChI=1S/C18H16N2O3S/c1-22-12-7-8-15(23-2)14(11-12)19-17(21)9-10-18-20-13-5-3-4-6-16(13)24-18/h3-11H,1-2H3,(H,19,21)/b10-9+. The molecular weight excluding hydrogens is 324 g/mol. The predicted molar refractivity (Wildman–Crippen MR) is 96.8 cm³/mol. The summed E-state index contributed by atoms with van der Waals surface area (Å²) in [7, 11) is 3.12. The molecule has 1 N–H and O–H groups in total. The number of para-hydroxylation sites is 1. The molecule has 1 aromatic heterocycles. The SMILES string of the molecule is COc1ccc(OC)c(NC(=O)/C=C/c2nc3ccccc3s2)c1. The molecule has 6 heteroatoms. The minimum Gasteiger partial charge on any atom is -0.497 e. The second kappa shape index (κ2) is 7.14. The van der Waals surface area contributed by atoms with E-state index in [1.807, 2.05) is 24.3 Å². The first kappa shape index (κ1) is 16.0. The van der Waals surface area contributed by atoms with E-state index in [1.54, 1.807) is 38.5 Å². The number of benzene rings is 2. The molecule has 0 aliphatic carbocycles. The van der Waals surface area contributed by atoms with E-state index in [1.165, 1.54) is 17.4 Å². The van der Waals surface area contributed by atoms with Crippen molar-refractivity contribution in [2.45, 2.75) is 0 Å². The summed E-state index contributed by atoms with van der Waals surface area (Å²) in [5.41, 5.74) is 1.48. The quantitative estimate of drug-likeness (QED) is 0.714. The van der Waals surface area contributed by atoms with E-state index in [9.17, 15) is 4.79 Å². The predicted octanol–water partition coefficient (Wildman–Crippen LogP) is 3.97. The molecule has 24 heavy (non-hydrogen) atoms. The lowest BCUT2D eigenvalue weighted by Crippen LogP contribution is -2.09. The van der Waals surface area contributed by atoms with Gasteiger partial charge in [-0.25, -0.2) is 4.98 Å². The summed E-state index contributed by atoms with van der Waals surface area (Å²) in [5.74, 6) is 0.944. The fraction of sp³-hybridized carbons (Fsp3) is 0.111. The third-order valence-electron chi connectivity index (χ3n) is 3.35. The van der Waals surface area contributed by atoms with Crippen LogP contribution in [0.15, 0.2) is 48.5 Å². The summed E-state index contributed by atoms with van der Waals surface area (Å²) in [6.45, 7) is 0. The monoisotopic (exact) mass is 340 g/mol. The number of hydrogen-bond donors (Lipinski definition) is 1. The topological polar surface area (TPSA) is 60.5 Å². The Morgan fingerprint density at radius 2 is 2.00 bits per heavy atom. The summed E-state index contributed by atoms with van der Waals surface area (Å²) >= 11 is 1.54. The second-order valence-electron chi connectivity index (χ2n) is 4.91. The number of thiazole rings is 1. The summed E-state index contributed by atoms with van der Waals surface area (Å²) in [6, 6.07) is 13.1. The maximum absolute atomic E-state index is 12.2. The molecule has 0 atom stereocenters. The molecule has 122 valence electrons. The second-order valence-corrected chi connectivity index (χ2v) is 5.97. The Labute approximate surface area is 143 Å². The highest BCUT2D eigenvalue weighted by atomic mass is 32.1. The van der Waals surface area contributed by atoms with E-state index in [4.69, 9.17) is 9.47 Å². The van der Waals surface area contributed by atoms with Gasteiger partial charge in [0.1, 0.15) is 16.5 Å². The van der Waals surface area contributed by atoms with Gasteiger partial charge in [-0.3, -0.25) is 4.79 Å². The molecule has 3 aromatic rings.